The SMILES string of the molecule is CC(C)(C)c1ccccc1C(=O)C1CCCS1. The highest BCUT2D eigenvalue weighted by atomic mass is 32.2. The van der Waals surface area contributed by atoms with Gasteiger partial charge in [0.2, 0.25) is 0 Å². The third-order valence-electron chi connectivity index (χ3n) is 3.22. The standard InChI is InChI=1S/C15H20OS/c1-15(2,3)12-8-5-4-7-11(12)14(16)13-9-6-10-17-13/h4-5,7-8,13H,6,9-10H2,1-3H3. The van der Waals surface area contributed by atoms with E-state index in [9.17, 15) is 4.79 Å². The summed E-state index contributed by atoms with van der Waals surface area (Å²) in [5.41, 5.74) is 2.15. The summed E-state index contributed by atoms with van der Waals surface area (Å²) in [5, 5.41) is 0.193. The number of hydrogen-bond donors (Lipinski definition) is 0. The Morgan fingerprint density at radius 2 is 2.00 bits per heavy atom. The third kappa shape index (κ3) is 2.74. The van der Waals surface area contributed by atoms with Crippen molar-refractivity contribution in [2.24, 2.45) is 0 Å². The highest BCUT2D eigenvalue weighted by Gasteiger charge is 2.28. The maximum atomic E-state index is 12.5. The zero-order chi connectivity index (χ0) is 12.5. The van der Waals surface area contributed by atoms with Gasteiger partial charge in [0, 0.05) is 5.56 Å². The number of ketones is 1. The summed E-state index contributed by atoms with van der Waals surface area (Å²) in [7, 11) is 0. The Morgan fingerprint density at radius 3 is 2.59 bits per heavy atom. The molecule has 1 aromatic rings. The van der Waals surface area contributed by atoms with Crippen LogP contribution >= 0.6 is 11.8 Å². The molecule has 1 unspecified atom stereocenters. The molecule has 2 rings (SSSR count). The zero-order valence-corrected chi connectivity index (χ0v) is 11.6. The van der Waals surface area contributed by atoms with Crippen LogP contribution in [0.15, 0.2) is 24.3 Å². The van der Waals surface area contributed by atoms with E-state index in [1.54, 1.807) is 0 Å². The zero-order valence-electron chi connectivity index (χ0n) is 10.8. The fraction of sp³-hybridized carbons (Fsp3) is 0.533. The molecule has 1 aliphatic heterocycles. The van der Waals surface area contributed by atoms with Crippen molar-refractivity contribution in [3.63, 3.8) is 0 Å². The molecule has 2 heteroatoms. The van der Waals surface area contributed by atoms with E-state index in [0.717, 1.165) is 17.7 Å². The Kier molecular flexibility index (Phi) is 3.62. The molecule has 0 aliphatic carbocycles. The lowest BCUT2D eigenvalue weighted by Crippen LogP contribution is -2.21. The van der Waals surface area contributed by atoms with E-state index in [0.29, 0.717) is 5.78 Å². The molecule has 0 amide bonds. The number of rotatable bonds is 2. The molecule has 0 saturated carbocycles. The summed E-state index contributed by atoms with van der Waals surface area (Å²) in [4.78, 5) is 12.5. The summed E-state index contributed by atoms with van der Waals surface area (Å²) in [6.45, 7) is 6.50. The Labute approximate surface area is 108 Å². The smallest absolute Gasteiger partial charge is 0.176 e. The second-order valence-electron chi connectivity index (χ2n) is 5.66. The van der Waals surface area contributed by atoms with Gasteiger partial charge in [-0.2, -0.15) is 11.8 Å². The summed E-state index contributed by atoms with van der Waals surface area (Å²) >= 11 is 1.82. The van der Waals surface area contributed by atoms with Crippen molar-refractivity contribution in [2.45, 2.75) is 44.3 Å². The molecule has 0 radical (unpaired) electrons. The fourth-order valence-corrected chi connectivity index (χ4v) is 3.54. The van der Waals surface area contributed by atoms with Gasteiger partial charge < -0.3 is 0 Å². The molecule has 1 aliphatic rings. The van der Waals surface area contributed by atoms with Crippen LogP contribution in [0.4, 0.5) is 0 Å². The van der Waals surface area contributed by atoms with Crippen molar-refractivity contribution in [3.05, 3.63) is 35.4 Å². The molecular weight excluding hydrogens is 228 g/mol. The van der Waals surface area contributed by atoms with Gasteiger partial charge in [0.15, 0.2) is 5.78 Å². The largest absolute Gasteiger partial charge is 0.293 e. The molecule has 1 nitrogen and oxygen atoms in total. The quantitative estimate of drug-likeness (QED) is 0.734. The summed E-state index contributed by atoms with van der Waals surface area (Å²) < 4.78 is 0. The lowest BCUT2D eigenvalue weighted by molar-refractivity contribution is 0.0986. The predicted molar refractivity (Wildman–Crippen MR) is 75.0 cm³/mol. The van der Waals surface area contributed by atoms with Gasteiger partial charge >= 0.3 is 0 Å². The summed E-state index contributed by atoms with van der Waals surface area (Å²) in [5.74, 6) is 1.46. The maximum Gasteiger partial charge on any atom is 0.176 e. The molecule has 0 spiro atoms. The predicted octanol–water partition coefficient (Wildman–Crippen LogP) is 4.06. The van der Waals surface area contributed by atoms with E-state index < -0.39 is 0 Å². The maximum absolute atomic E-state index is 12.5. The first-order valence-corrected chi connectivity index (χ1v) is 7.30. The molecule has 1 heterocycles. The summed E-state index contributed by atoms with van der Waals surface area (Å²) in [6, 6.07) is 8.08. The number of hydrogen-bond acceptors (Lipinski definition) is 2. The fourth-order valence-electron chi connectivity index (χ4n) is 2.31. The van der Waals surface area contributed by atoms with Gasteiger partial charge in [-0.15, -0.1) is 0 Å². The number of thioether (sulfide) groups is 1. The Hall–Kier alpha value is -0.760. The second kappa shape index (κ2) is 4.85. The van der Waals surface area contributed by atoms with Crippen LogP contribution in [0.2, 0.25) is 0 Å². The van der Waals surface area contributed by atoms with E-state index in [2.05, 4.69) is 26.8 Å². The molecule has 0 aromatic heterocycles. The van der Waals surface area contributed by atoms with Gasteiger partial charge in [0.25, 0.3) is 0 Å². The molecule has 1 aromatic carbocycles. The van der Waals surface area contributed by atoms with Crippen molar-refractivity contribution in [3.8, 4) is 0 Å². The molecule has 0 N–H and O–H groups in total. The number of Topliss-reactive ketones (excluding diaryl/α,β-unsaturated/α-hetero) is 1. The van der Waals surface area contributed by atoms with Crippen molar-refractivity contribution in [2.75, 3.05) is 5.75 Å². The monoisotopic (exact) mass is 248 g/mol. The van der Waals surface area contributed by atoms with Gasteiger partial charge in [0.1, 0.15) is 0 Å². The average Bonchev–Trinajstić information content (AvgIpc) is 2.80. The molecular formula is C15H20OS. The van der Waals surface area contributed by atoms with E-state index in [1.807, 2.05) is 30.0 Å². The van der Waals surface area contributed by atoms with E-state index >= 15 is 0 Å². The third-order valence-corrected chi connectivity index (χ3v) is 4.60. The Balaban J connectivity index is 2.34. The van der Waals surface area contributed by atoms with Crippen LogP contribution in [-0.2, 0) is 5.41 Å². The molecule has 1 atom stereocenters. The van der Waals surface area contributed by atoms with Gasteiger partial charge in [-0.3, -0.25) is 4.79 Å². The van der Waals surface area contributed by atoms with Crippen LogP contribution in [-0.4, -0.2) is 16.8 Å². The van der Waals surface area contributed by atoms with Crippen LogP contribution in [0.5, 0.6) is 0 Å². The first-order chi connectivity index (χ1) is 8.00. The first kappa shape index (κ1) is 12.7. The van der Waals surface area contributed by atoms with Crippen molar-refractivity contribution < 1.29 is 4.79 Å². The molecule has 0 bridgehead atoms. The number of carbonyl (C=O) groups excluding carboxylic acids is 1. The summed E-state index contributed by atoms with van der Waals surface area (Å²) in [6.07, 6.45) is 2.22. The Bertz CT molecular complexity index is 411. The van der Waals surface area contributed by atoms with Crippen LogP contribution in [0.3, 0.4) is 0 Å². The van der Waals surface area contributed by atoms with Crippen LogP contribution in [0.1, 0.15) is 49.5 Å². The molecule has 1 saturated heterocycles. The van der Waals surface area contributed by atoms with Gasteiger partial charge in [0.05, 0.1) is 5.25 Å². The van der Waals surface area contributed by atoms with Gasteiger partial charge in [-0.25, -0.2) is 0 Å². The lowest BCUT2D eigenvalue weighted by Gasteiger charge is -2.23. The minimum atomic E-state index is 0.0372. The first-order valence-electron chi connectivity index (χ1n) is 6.25. The average molecular weight is 248 g/mol. The second-order valence-corrected chi connectivity index (χ2v) is 6.97. The lowest BCUT2D eigenvalue weighted by atomic mass is 9.82. The highest BCUT2D eigenvalue weighted by Crippen LogP contribution is 2.32. The topological polar surface area (TPSA) is 17.1 Å². The number of benzene rings is 1. The van der Waals surface area contributed by atoms with Crippen molar-refractivity contribution >= 4 is 17.5 Å². The Morgan fingerprint density at radius 1 is 1.29 bits per heavy atom. The normalized spacial score (nSPS) is 20.5. The van der Waals surface area contributed by atoms with E-state index in [1.165, 1.54) is 12.0 Å². The molecule has 92 valence electrons. The van der Waals surface area contributed by atoms with Crippen molar-refractivity contribution in [1.29, 1.82) is 0 Å². The van der Waals surface area contributed by atoms with Gasteiger partial charge in [-0.05, 0) is 29.6 Å². The highest BCUT2D eigenvalue weighted by molar-refractivity contribution is 8.00. The van der Waals surface area contributed by atoms with E-state index in [-0.39, 0.29) is 10.7 Å². The minimum Gasteiger partial charge on any atom is -0.293 e. The molecule has 1 fully saturated rings. The van der Waals surface area contributed by atoms with E-state index in [4.69, 9.17) is 0 Å². The van der Waals surface area contributed by atoms with Crippen LogP contribution in [0, 0.1) is 0 Å². The molecule has 17 heavy (non-hydrogen) atoms. The van der Waals surface area contributed by atoms with Gasteiger partial charge in [-0.1, -0.05) is 45.0 Å². The van der Waals surface area contributed by atoms with Crippen molar-refractivity contribution in [1.82, 2.24) is 0 Å². The minimum absolute atomic E-state index is 0.0372. The van der Waals surface area contributed by atoms with Crippen LogP contribution < -0.4 is 0 Å². The number of carbonyl (C=O) groups is 1. The van der Waals surface area contributed by atoms with Crippen LogP contribution in [0.25, 0.3) is 0 Å².